The molecule has 0 spiro atoms. The van der Waals surface area contributed by atoms with Crippen LogP contribution in [0.1, 0.15) is 16.8 Å². The standard InChI is InChI=1S/C15H16ClN3S/c1-9-6-11(3)17-14(7-9)19-15(20)18-12-5-4-10(2)13(16)8-12/h4-8H,1-3H3,(H2,17,18,19,20). The van der Waals surface area contributed by atoms with Crippen LogP contribution in [-0.4, -0.2) is 10.1 Å². The summed E-state index contributed by atoms with van der Waals surface area (Å²) < 4.78 is 0. The third-order valence-corrected chi connectivity index (χ3v) is 3.38. The van der Waals surface area contributed by atoms with E-state index in [-0.39, 0.29) is 0 Å². The van der Waals surface area contributed by atoms with Gasteiger partial charge < -0.3 is 10.6 Å². The number of pyridine rings is 1. The first-order valence-corrected chi connectivity index (χ1v) is 7.02. The van der Waals surface area contributed by atoms with Crippen molar-refractivity contribution in [3.8, 4) is 0 Å². The van der Waals surface area contributed by atoms with Crippen molar-refractivity contribution in [1.82, 2.24) is 4.98 Å². The first-order valence-electron chi connectivity index (χ1n) is 6.23. The summed E-state index contributed by atoms with van der Waals surface area (Å²) in [5, 5.41) is 7.36. The second-order valence-corrected chi connectivity index (χ2v) is 5.53. The van der Waals surface area contributed by atoms with Crippen molar-refractivity contribution in [2.75, 3.05) is 10.6 Å². The molecule has 1 heterocycles. The SMILES string of the molecule is Cc1cc(C)nc(NC(=S)Nc2ccc(C)c(Cl)c2)c1. The summed E-state index contributed by atoms with van der Waals surface area (Å²) in [4.78, 5) is 4.38. The molecular formula is C15H16ClN3S. The third-order valence-electron chi connectivity index (χ3n) is 2.77. The van der Waals surface area contributed by atoms with Crippen LogP contribution in [0.5, 0.6) is 0 Å². The number of anilines is 2. The lowest BCUT2D eigenvalue weighted by Gasteiger charge is -2.11. The maximum atomic E-state index is 6.08. The molecule has 0 amide bonds. The minimum atomic E-state index is 0.488. The van der Waals surface area contributed by atoms with Crippen molar-refractivity contribution in [1.29, 1.82) is 0 Å². The van der Waals surface area contributed by atoms with Gasteiger partial charge in [-0.15, -0.1) is 0 Å². The molecular weight excluding hydrogens is 290 g/mol. The number of halogens is 1. The number of aryl methyl sites for hydroxylation is 3. The average Bonchev–Trinajstić information content (AvgIpc) is 2.32. The van der Waals surface area contributed by atoms with Crippen molar-refractivity contribution < 1.29 is 0 Å². The Labute approximate surface area is 129 Å². The van der Waals surface area contributed by atoms with Crippen LogP contribution in [0.3, 0.4) is 0 Å². The quantitative estimate of drug-likeness (QED) is 0.803. The number of thiocarbonyl (C=S) groups is 1. The van der Waals surface area contributed by atoms with Gasteiger partial charge in [-0.25, -0.2) is 4.98 Å². The maximum Gasteiger partial charge on any atom is 0.176 e. The molecule has 0 aliphatic heterocycles. The van der Waals surface area contributed by atoms with Crippen molar-refractivity contribution >= 4 is 40.4 Å². The van der Waals surface area contributed by atoms with Gasteiger partial charge in [0, 0.05) is 16.4 Å². The van der Waals surface area contributed by atoms with Crippen LogP contribution in [0, 0.1) is 20.8 Å². The third kappa shape index (κ3) is 3.92. The smallest absolute Gasteiger partial charge is 0.176 e. The Bertz CT molecular complexity index is 635. The monoisotopic (exact) mass is 305 g/mol. The van der Waals surface area contributed by atoms with Crippen molar-refractivity contribution in [3.05, 3.63) is 52.2 Å². The van der Waals surface area contributed by atoms with Crippen LogP contribution in [0.15, 0.2) is 30.3 Å². The molecule has 2 N–H and O–H groups in total. The molecule has 0 aliphatic carbocycles. The van der Waals surface area contributed by atoms with Crippen molar-refractivity contribution in [2.24, 2.45) is 0 Å². The molecule has 0 aliphatic rings. The second-order valence-electron chi connectivity index (χ2n) is 4.71. The number of rotatable bonds is 2. The fraction of sp³-hybridized carbons (Fsp3) is 0.200. The summed E-state index contributed by atoms with van der Waals surface area (Å²) in [7, 11) is 0. The highest BCUT2D eigenvalue weighted by Gasteiger charge is 2.03. The largest absolute Gasteiger partial charge is 0.332 e. The molecule has 0 bridgehead atoms. The molecule has 5 heteroatoms. The minimum Gasteiger partial charge on any atom is -0.332 e. The van der Waals surface area contributed by atoms with E-state index in [1.54, 1.807) is 0 Å². The highest BCUT2D eigenvalue weighted by atomic mass is 35.5. The summed E-state index contributed by atoms with van der Waals surface area (Å²) >= 11 is 11.4. The minimum absolute atomic E-state index is 0.488. The van der Waals surface area contributed by atoms with E-state index in [1.165, 1.54) is 0 Å². The zero-order valence-corrected chi connectivity index (χ0v) is 13.2. The van der Waals surface area contributed by atoms with E-state index in [0.29, 0.717) is 10.1 Å². The van der Waals surface area contributed by atoms with E-state index in [0.717, 1.165) is 28.3 Å². The normalized spacial score (nSPS) is 10.2. The van der Waals surface area contributed by atoms with Gasteiger partial charge >= 0.3 is 0 Å². The Balaban J connectivity index is 2.06. The van der Waals surface area contributed by atoms with Crippen LogP contribution in [-0.2, 0) is 0 Å². The Morgan fingerprint density at radius 1 is 1.10 bits per heavy atom. The maximum absolute atomic E-state index is 6.08. The molecule has 0 saturated heterocycles. The zero-order valence-electron chi connectivity index (χ0n) is 11.6. The van der Waals surface area contributed by atoms with Crippen LogP contribution in [0.2, 0.25) is 5.02 Å². The van der Waals surface area contributed by atoms with E-state index < -0.39 is 0 Å². The van der Waals surface area contributed by atoms with Crippen LogP contribution in [0.25, 0.3) is 0 Å². The van der Waals surface area contributed by atoms with Gasteiger partial charge in [0.25, 0.3) is 0 Å². The average molecular weight is 306 g/mol. The molecule has 20 heavy (non-hydrogen) atoms. The number of nitrogens with zero attached hydrogens (tertiary/aromatic N) is 1. The first-order chi connectivity index (χ1) is 9.44. The summed E-state index contributed by atoms with van der Waals surface area (Å²) in [6.45, 7) is 5.94. The van der Waals surface area contributed by atoms with E-state index in [2.05, 4.69) is 15.6 Å². The number of hydrogen-bond acceptors (Lipinski definition) is 2. The summed E-state index contributed by atoms with van der Waals surface area (Å²) in [6, 6.07) is 9.69. The second kappa shape index (κ2) is 6.20. The molecule has 0 atom stereocenters. The van der Waals surface area contributed by atoms with E-state index in [9.17, 15) is 0 Å². The van der Waals surface area contributed by atoms with Gasteiger partial charge in [0.1, 0.15) is 5.82 Å². The molecule has 0 saturated carbocycles. The fourth-order valence-electron chi connectivity index (χ4n) is 1.85. The van der Waals surface area contributed by atoms with Gasteiger partial charge in [0.15, 0.2) is 5.11 Å². The van der Waals surface area contributed by atoms with Gasteiger partial charge in [-0.3, -0.25) is 0 Å². The topological polar surface area (TPSA) is 37.0 Å². The van der Waals surface area contributed by atoms with E-state index >= 15 is 0 Å². The van der Waals surface area contributed by atoms with Gasteiger partial charge in [0.05, 0.1) is 0 Å². The lowest BCUT2D eigenvalue weighted by atomic mass is 10.2. The van der Waals surface area contributed by atoms with Crippen LogP contribution >= 0.6 is 23.8 Å². The van der Waals surface area contributed by atoms with Gasteiger partial charge in [-0.1, -0.05) is 17.7 Å². The first kappa shape index (κ1) is 14.8. The number of benzene rings is 1. The fourth-order valence-corrected chi connectivity index (χ4v) is 2.26. The summed E-state index contributed by atoms with van der Waals surface area (Å²) in [5.41, 5.74) is 3.98. The zero-order chi connectivity index (χ0) is 14.7. The Kier molecular flexibility index (Phi) is 4.57. The predicted molar refractivity (Wildman–Crippen MR) is 89.7 cm³/mol. The summed E-state index contributed by atoms with van der Waals surface area (Å²) in [6.07, 6.45) is 0. The van der Waals surface area contributed by atoms with Crippen molar-refractivity contribution in [2.45, 2.75) is 20.8 Å². The lowest BCUT2D eigenvalue weighted by molar-refractivity contribution is 1.18. The van der Waals surface area contributed by atoms with E-state index in [1.807, 2.05) is 51.1 Å². The predicted octanol–water partition coefficient (Wildman–Crippen LogP) is 4.47. The lowest BCUT2D eigenvalue weighted by Crippen LogP contribution is -2.20. The van der Waals surface area contributed by atoms with E-state index in [4.69, 9.17) is 23.8 Å². The Morgan fingerprint density at radius 3 is 2.50 bits per heavy atom. The molecule has 0 fully saturated rings. The Morgan fingerprint density at radius 2 is 1.85 bits per heavy atom. The van der Waals surface area contributed by atoms with Crippen LogP contribution in [0.4, 0.5) is 11.5 Å². The van der Waals surface area contributed by atoms with Gasteiger partial charge in [-0.05, 0) is 68.4 Å². The molecule has 0 unspecified atom stereocenters. The van der Waals surface area contributed by atoms with Crippen molar-refractivity contribution in [3.63, 3.8) is 0 Å². The number of nitrogens with one attached hydrogen (secondary N) is 2. The highest BCUT2D eigenvalue weighted by molar-refractivity contribution is 7.80. The highest BCUT2D eigenvalue weighted by Crippen LogP contribution is 2.20. The molecule has 2 rings (SSSR count). The van der Waals surface area contributed by atoms with Gasteiger partial charge in [-0.2, -0.15) is 0 Å². The molecule has 104 valence electrons. The number of hydrogen-bond donors (Lipinski definition) is 2. The van der Waals surface area contributed by atoms with Gasteiger partial charge in [0.2, 0.25) is 0 Å². The number of aromatic nitrogens is 1. The Hall–Kier alpha value is -1.65. The molecule has 2 aromatic rings. The van der Waals surface area contributed by atoms with Crippen LogP contribution < -0.4 is 10.6 Å². The molecule has 3 nitrogen and oxygen atoms in total. The molecule has 1 aromatic heterocycles. The molecule has 1 aromatic carbocycles. The molecule has 0 radical (unpaired) electrons. The summed E-state index contributed by atoms with van der Waals surface area (Å²) in [5.74, 6) is 0.734.